The number of nitrogens with zero attached hydrogens (tertiary/aromatic N) is 3. The van der Waals surface area contributed by atoms with Crippen molar-refractivity contribution >= 4 is 32.6 Å². The van der Waals surface area contributed by atoms with E-state index in [0.29, 0.717) is 22.9 Å². The number of benzene rings is 3. The Labute approximate surface area is 225 Å². The molecule has 0 radical (unpaired) electrons. The summed E-state index contributed by atoms with van der Waals surface area (Å²) in [6.07, 6.45) is 1.34. The molecular formula is C27H20F3N5O4S. The molecule has 9 nitrogen and oxygen atoms in total. The molecular weight excluding hydrogens is 547 g/mol. The number of anilines is 2. The number of fused-ring (bicyclic) bond motifs is 1. The summed E-state index contributed by atoms with van der Waals surface area (Å²) in [6.45, 7) is 1.63. The van der Waals surface area contributed by atoms with Crippen molar-refractivity contribution < 1.29 is 26.3 Å². The van der Waals surface area contributed by atoms with Crippen LogP contribution in [0.1, 0.15) is 5.56 Å². The molecule has 0 aliphatic carbocycles. The van der Waals surface area contributed by atoms with E-state index in [0.717, 1.165) is 16.7 Å². The molecule has 5 aromatic rings. The molecule has 0 unspecified atom stereocenters. The van der Waals surface area contributed by atoms with Crippen molar-refractivity contribution in [1.29, 1.82) is 0 Å². The SMILES string of the molecule is COc1ncc(-c2ccc3nc(N)n(-c4ccc(F)cc4C)c(=O)c3c2)cc1S(=O)(=O)Nc1ccc(F)cc1F. The minimum absolute atomic E-state index is 0.0986. The Bertz CT molecular complexity index is 1980. The standard InChI is InChI=1S/C27H20F3N5O4S/c1-14-9-17(28)5-8-23(14)35-26(36)19-10-15(3-6-21(19)33-27(35)31)16-11-24(25(39-2)32-13-16)40(37,38)34-22-7-4-18(29)12-20(22)30/h3-13,34H,1-2H3,(H2,31,33). The van der Waals surface area contributed by atoms with Crippen LogP contribution in [0.5, 0.6) is 5.88 Å². The third-order valence-corrected chi connectivity index (χ3v) is 7.46. The Morgan fingerprint density at radius 2 is 1.68 bits per heavy atom. The zero-order valence-corrected chi connectivity index (χ0v) is 21.8. The van der Waals surface area contributed by atoms with E-state index >= 15 is 0 Å². The smallest absolute Gasteiger partial charge is 0.267 e. The van der Waals surface area contributed by atoms with Crippen LogP contribution in [-0.2, 0) is 10.0 Å². The van der Waals surface area contributed by atoms with Crippen LogP contribution < -0.4 is 20.8 Å². The van der Waals surface area contributed by atoms with Crippen molar-refractivity contribution in [3.63, 3.8) is 0 Å². The first-order chi connectivity index (χ1) is 19.0. The number of nitrogens with two attached hydrogens (primary N) is 1. The number of nitrogens with one attached hydrogen (secondary N) is 1. The van der Waals surface area contributed by atoms with E-state index in [-0.39, 0.29) is 28.3 Å². The molecule has 0 amide bonds. The largest absolute Gasteiger partial charge is 0.480 e. The Morgan fingerprint density at radius 3 is 2.38 bits per heavy atom. The van der Waals surface area contributed by atoms with E-state index in [4.69, 9.17) is 10.5 Å². The average Bonchev–Trinajstić information content (AvgIpc) is 2.91. The summed E-state index contributed by atoms with van der Waals surface area (Å²) >= 11 is 0. The van der Waals surface area contributed by atoms with E-state index in [9.17, 15) is 26.4 Å². The number of hydrogen-bond donors (Lipinski definition) is 2. The van der Waals surface area contributed by atoms with Gasteiger partial charge in [-0.1, -0.05) is 6.07 Å². The third kappa shape index (κ3) is 4.82. The molecule has 0 aliphatic heterocycles. The second-order valence-corrected chi connectivity index (χ2v) is 10.4. The van der Waals surface area contributed by atoms with Gasteiger partial charge < -0.3 is 10.5 Å². The van der Waals surface area contributed by atoms with Gasteiger partial charge in [-0.05, 0) is 66.6 Å². The van der Waals surface area contributed by atoms with Crippen molar-refractivity contribution in [3.05, 3.63) is 100 Å². The first-order valence-corrected chi connectivity index (χ1v) is 13.1. The monoisotopic (exact) mass is 567 g/mol. The third-order valence-electron chi connectivity index (χ3n) is 6.10. The summed E-state index contributed by atoms with van der Waals surface area (Å²) in [5.41, 5.74) is 6.85. The lowest BCUT2D eigenvalue weighted by molar-refractivity contribution is 0.385. The number of aromatic nitrogens is 3. The van der Waals surface area contributed by atoms with Crippen LogP contribution >= 0.6 is 0 Å². The zero-order valence-electron chi connectivity index (χ0n) is 20.9. The number of hydrogen-bond acceptors (Lipinski definition) is 7. The van der Waals surface area contributed by atoms with Crippen LogP contribution in [0, 0.1) is 24.4 Å². The van der Waals surface area contributed by atoms with Gasteiger partial charge in [0.1, 0.15) is 22.3 Å². The molecule has 0 saturated carbocycles. The fraction of sp³-hybridized carbons (Fsp3) is 0.0741. The number of nitrogen functional groups attached to an aromatic ring is 1. The lowest BCUT2D eigenvalue weighted by atomic mass is 10.1. The van der Waals surface area contributed by atoms with Gasteiger partial charge in [-0.2, -0.15) is 0 Å². The number of ether oxygens (including phenoxy) is 1. The highest BCUT2D eigenvalue weighted by Gasteiger charge is 2.24. The van der Waals surface area contributed by atoms with E-state index in [2.05, 4.69) is 14.7 Å². The van der Waals surface area contributed by atoms with Crippen molar-refractivity contribution in [2.75, 3.05) is 17.6 Å². The molecule has 3 N–H and O–H groups in total. The fourth-order valence-corrected chi connectivity index (χ4v) is 5.41. The van der Waals surface area contributed by atoms with Gasteiger partial charge in [0, 0.05) is 17.8 Å². The topological polar surface area (TPSA) is 129 Å². The summed E-state index contributed by atoms with van der Waals surface area (Å²) < 4.78 is 75.8. The molecule has 3 aromatic carbocycles. The first kappa shape index (κ1) is 26.7. The van der Waals surface area contributed by atoms with E-state index < -0.39 is 43.6 Å². The Kier molecular flexibility index (Phi) is 6.67. The molecule has 0 bridgehead atoms. The lowest BCUT2D eigenvalue weighted by Crippen LogP contribution is -2.23. The molecule has 5 rings (SSSR count). The number of pyridine rings is 1. The maximum absolute atomic E-state index is 14.2. The number of halogens is 3. The van der Waals surface area contributed by atoms with Crippen LogP contribution in [0.3, 0.4) is 0 Å². The number of rotatable bonds is 6. The quantitative estimate of drug-likeness (QED) is 0.308. The summed E-state index contributed by atoms with van der Waals surface area (Å²) in [7, 11) is -3.24. The zero-order chi connectivity index (χ0) is 28.8. The lowest BCUT2D eigenvalue weighted by Gasteiger charge is -2.14. The van der Waals surface area contributed by atoms with Crippen molar-refractivity contribution in [1.82, 2.24) is 14.5 Å². The summed E-state index contributed by atoms with van der Waals surface area (Å²) in [5, 5.41) is 0.155. The van der Waals surface area contributed by atoms with E-state index in [1.54, 1.807) is 13.0 Å². The second-order valence-electron chi connectivity index (χ2n) is 8.73. The Hall–Kier alpha value is -4.91. The van der Waals surface area contributed by atoms with Gasteiger partial charge in [0.05, 0.1) is 29.4 Å². The fourth-order valence-electron chi connectivity index (χ4n) is 4.19. The van der Waals surface area contributed by atoms with Gasteiger partial charge in [0.25, 0.3) is 15.6 Å². The Balaban J connectivity index is 1.62. The summed E-state index contributed by atoms with van der Waals surface area (Å²) in [4.78, 5) is 21.4. The molecule has 2 aromatic heterocycles. The minimum Gasteiger partial charge on any atom is -0.480 e. The van der Waals surface area contributed by atoms with Gasteiger partial charge in [0.15, 0.2) is 0 Å². The highest BCUT2D eigenvalue weighted by molar-refractivity contribution is 7.92. The van der Waals surface area contributed by atoms with Gasteiger partial charge in [-0.15, -0.1) is 0 Å². The van der Waals surface area contributed by atoms with E-state index in [1.165, 1.54) is 49.7 Å². The van der Waals surface area contributed by atoms with Crippen molar-refractivity contribution in [2.45, 2.75) is 11.8 Å². The van der Waals surface area contributed by atoms with Gasteiger partial charge in [0.2, 0.25) is 11.8 Å². The normalized spacial score (nSPS) is 11.5. The molecule has 0 atom stereocenters. The molecule has 0 spiro atoms. The van der Waals surface area contributed by atoms with Crippen molar-refractivity contribution in [2.24, 2.45) is 0 Å². The molecule has 0 saturated heterocycles. The van der Waals surface area contributed by atoms with Gasteiger partial charge in [-0.3, -0.25) is 9.52 Å². The summed E-state index contributed by atoms with van der Waals surface area (Å²) in [5.74, 6) is -2.83. The highest BCUT2D eigenvalue weighted by atomic mass is 32.2. The average molecular weight is 568 g/mol. The first-order valence-electron chi connectivity index (χ1n) is 11.6. The minimum atomic E-state index is -4.45. The van der Waals surface area contributed by atoms with Gasteiger partial charge in [-0.25, -0.2) is 36.1 Å². The van der Waals surface area contributed by atoms with Crippen molar-refractivity contribution in [3.8, 4) is 22.7 Å². The van der Waals surface area contributed by atoms with Gasteiger partial charge >= 0.3 is 0 Å². The van der Waals surface area contributed by atoms with E-state index in [1.807, 2.05) is 0 Å². The molecule has 0 aliphatic rings. The van der Waals surface area contributed by atoms with Crippen LogP contribution in [0.4, 0.5) is 24.8 Å². The van der Waals surface area contributed by atoms with Crippen LogP contribution in [0.25, 0.3) is 27.7 Å². The second kappa shape index (κ2) is 10.0. The number of sulfonamides is 1. The molecule has 13 heteroatoms. The van der Waals surface area contributed by atoms with Crippen LogP contribution in [0.2, 0.25) is 0 Å². The maximum atomic E-state index is 14.2. The Morgan fingerprint density at radius 1 is 0.950 bits per heavy atom. The molecule has 204 valence electrons. The van der Waals surface area contributed by atoms with Crippen LogP contribution in [-0.4, -0.2) is 30.1 Å². The highest BCUT2D eigenvalue weighted by Crippen LogP contribution is 2.31. The number of methoxy groups -OCH3 is 1. The maximum Gasteiger partial charge on any atom is 0.267 e. The molecule has 40 heavy (non-hydrogen) atoms. The number of aryl methyl sites for hydroxylation is 1. The predicted molar refractivity (Wildman–Crippen MR) is 143 cm³/mol. The molecule has 0 fully saturated rings. The summed E-state index contributed by atoms with van der Waals surface area (Å²) in [6, 6.07) is 12.1. The van der Waals surface area contributed by atoms with Crippen LogP contribution in [0.15, 0.2) is 76.6 Å². The molecule has 2 heterocycles. The predicted octanol–water partition coefficient (Wildman–Crippen LogP) is 4.57.